The minimum atomic E-state index is -3.40. The molecule has 1 aromatic rings. The molecule has 84 valence electrons. The second-order valence-corrected chi connectivity index (χ2v) is 5.06. The van der Waals surface area contributed by atoms with Gasteiger partial charge in [0.2, 0.25) is 10.0 Å². The maximum absolute atomic E-state index is 11.4. The van der Waals surface area contributed by atoms with Gasteiger partial charge in [-0.15, -0.1) is 0 Å². The Morgan fingerprint density at radius 3 is 2.73 bits per heavy atom. The number of aromatic nitrogens is 1. The first kappa shape index (κ1) is 12.4. The number of nitrogens with zero attached hydrogens (tertiary/aromatic N) is 1. The third-order valence-corrected chi connectivity index (χ3v) is 3.16. The normalized spacial score (nSPS) is 11.6. The van der Waals surface area contributed by atoms with Gasteiger partial charge in [0, 0.05) is 12.7 Å². The number of aliphatic hydroxyl groups is 1. The molecule has 1 rings (SSSR count). The third kappa shape index (κ3) is 4.57. The van der Waals surface area contributed by atoms with Crippen molar-refractivity contribution in [2.75, 3.05) is 13.2 Å². The van der Waals surface area contributed by atoms with E-state index in [4.69, 9.17) is 16.7 Å². The van der Waals surface area contributed by atoms with Crippen molar-refractivity contribution in [2.24, 2.45) is 0 Å². The van der Waals surface area contributed by atoms with E-state index in [1.54, 1.807) is 6.07 Å². The van der Waals surface area contributed by atoms with E-state index in [-0.39, 0.29) is 18.9 Å². The van der Waals surface area contributed by atoms with Crippen molar-refractivity contribution in [3.05, 3.63) is 29.0 Å². The van der Waals surface area contributed by atoms with Gasteiger partial charge in [-0.05, 0) is 11.6 Å². The van der Waals surface area contributed by atoms with E-state index in [1.807, 2.05) is 0 Å². The zero-order chi connectivity index (χ0) is 11.3. The lowest BCUT2D eigenvalue weighted by Gasteiger charge is -2.04. The standard InChI is InChI=1S/C8H11ClN2O3S/c9-8-2-1-7(5-10-8)6-15(13,14)11-3-4-12/h1-2,5,11-12H,3-4,6H2. The molecule has 0 aromatic carbocycles. The predicted molar refractivity (Wildman–Crippen MR) is 57.0 cm³/mol. The summed E-state index contributed by atoms with van der Waals surface area (Å²) in [7, 11) is -3.40. The zero-order valence-corrected chi connectivity index (χ0v) is 9.42. The minimum absolute atomic E-state index is 0.0172. The molecule has 0 amide bonds. The van der Waals surface area contributed by atoms with E-state index in [9.17, 15) is 8.42 Å². The average molecular weight is 251 g/mol. The van der Waals surface area contributed by atoms with Gasteiger partial charge in [-0.25, -0.2) is 18.1 Å². The summed E-state index contributed by atoms with van der Waals surface area (Å²) in [6.07, 6.45) is 1.40. The third-order valence-electron chi connectivity index (χ3n) is 1.58. The average Bonchev–Trinajstić information content (AvgIpc) is 2.18. The first-order chi connectivity index (χ1) is 7.03. The zero-order valence-electron chi connectivity index (χ0n) is 7.85. The molecule has 2 N–H and O–H groups in total. The van der Waals surface area contributed by atoms with E-state index in [2.05, 4.69) is 9.71 Å². The lowest BCUT2D eigenvalue weighted by atomic mass is 10.3. The first-order valence-corrected chi connectivity index (χ1v) is 6.25. The van der Waals surface area contributed by atoms with Gasteiger partial charge >= 0.3 is 0 Å². The monoisotopic (exact) mass is 250 g/mol. The van der Waals surface area contributed by atoms with E-state index in [0.717, 1.165) is 0 Å². The van der Waals surface area contributed by atoms with Crippen molar-refractivity contribution in [3.63, 3.8) is 0 Å². The molecule has 0 atom stereocenters. The molecule has 0 saturated carbocycles. The molecule has 0 unspecified atom stereocenters. The van der Waals surface area contributed by atoms with Gasteiger partial charge in [0.05, 0.1) is 12.4 Å². The maximum atomic E-state index is 11.4. The molecular formula is C8H11ClN2O3S. The van der Waals surface area contributed by atoms with Gasteiger partial charge in [0.25, 0.3) is 0 Å². The molecule has 1 heterocycles. The van der Waals surface area contributed by atoms with E-state index >= 15 is 0 Å². The van der Waals surface area contributed by atoms with Crippen molar-refractivity contribution in [2.45, 2.75) is 5.75 Å². The largest absolute Gasteiger partial charge is 0.395 e. The van der Waals surface area contributed by atoms with Crippen LogP contribution >= 0.6 is 11.6 Å². The van der Waals surface area contributed by atoms with Crippen molar-refractivity contribution in [1.29, 1.82) is 0 Å². The van der Waals surface area contributed by atoms with Crippen LogP contribution in [0.4, 0.5) is 0 Å². The van der Waals surface area contributed by atoms with Gasteiger partial charge in [-0.1, -0.05) is 17.7 Å². The smallest absolute Gasteiger partial charge is 0.215 e. The Hall–Kier alpha value is -0.690. The van der Waals surface area contributed by atoms with Crippen LogP contribution in [0.1, 0.15) is 5.56 Å². The van der Waals surface area contributed by atoms with Crippen LogP contribution in [0.25, 0.3) is 0 Å². The Labute approximate surface area is 93.2 Å². The number of hydrogen-bond donors (Lipinski definition) is 2. The summed E-state index contributed by atoms with van der Waals surface area (Å²) in [5.41, 5.74) is 0.546. The van der Waals surface area contributed by atoms with Crippen LogP contribution in [0.15, 0.2) is 18.3 Å². The number of rotatable bonds is 5. The van der Waals surface area contributed by atoms with Crippen molar-refractivity contribution in [1.82, 2.24) is 9.71 Å². The number of halogens is 1. The molecule has 0 aliphatic rings. The summed E-state index contributed by atoms with van der Waals surface area (Å²) in [5, 5.41) is 8.79. The summed E-state index contributed by atoms with van der Waals surface area (Å²) in [4.78, 5) is 3.77. The highest BCUT2D eigenvalue weighted by Gasteiger charge is 2.10. The molecule has 15 heavy (non-hydrogen) atoms. The number of sulfonamides is 1. The van der Waals surface area contributed by atoms with Crippen LogP contribution in [0.3, 0.4) is 0 Å². The van der Waals surface area contributed by atoms with Gasteiger partial charge in [0.1, 0.15) is 5.15 Å². The quantitative estimate of drug-likeness (QED) is 0.729. The summed E-state index contributed by atoms with van der Waals surface area (Å²) in [6.45, 7) is -0.207. The van der Waals surface area contributed by atoms with Crippen molar-refractivity contribution < 1.29 is 13.5 Å². The molecule has 1 aromatic heterocycles. The Balaban J connectivity index is 2.65. The highest BCUT2D eigenvalue weighted by atomic mass is 35.5. The topological polar surface area (TPSA) is 79.3 Å². The van der Waals surface area contributed by atoms with E-state index in [0.29, 0.717) is 10.7 Å². The van der Waals surface area contributed by atoms with Crippen molar-refractivity contribution >= 4 is 21.6 Å². The fourth-order valence-corrected chi connectivity index (χ4v) is 2.19. The summed E-state index contributed by atoms with van der Waals surface area (Å²) < 4.78 is 25.0. The Bertz CT molecular complexity index is 404. The first-order valence-electron chi connectivity index (χ1n) is 4.22. The van der Waals surface area contributed by atoms with Gasteiger partial charge < -0.3 is 5.11 Å². The molecule has 0 aliphatic carbocycles. The van der Waals surface area contributed by atoms with Crippen LogP contribution in [0.5, 0.6) is 0 Å². The number of hydrogen-bond acceptors (Lipinski definition) is 4. The van der Waals surface area contributed by atoms with Gasteiger partial charge in [0.15, 0.2) is 0 Å². The molecule has 0 fully saturated rings. The predicted octanol–water partition coefficient (Wildman–Crippen LogP) is 0.147. The second kappa shape index (κ2) is 5.41. The molecular weight excluding hydrogens is 240 g/mol. The molecule has 0 radical (unpaired) electrons. The molecule has 0 spiro atoms. The lowest BCUT2D eigenvalue weighted by Crippen LogP contribution is -2.27. The molecule has 0 aliphatic heterocycles. The van der Waals surface area contributed by atoms with Gasteiger partial charge in [-0.2, -0.15) is 0 Å². The van der Waals surface area contributed by atoms with Crippen LogP contribution in [-0.2, 0) is 15.8 Å². The van der Waals surface area contributed by atoms with Gasteiger partial charge in [-0.3, -0.25) is 0 Å². The SMILES string of the molecule is O=S(=O)(Cc1ccc(Cl)nc1)NCCO. The fourth-order valence-electron chi connectivity index (χ4n) is 0.963. The fraction of sp³-hybridized carbons (Fsp3) is 0.375. The van der Waals surface area contributed by atoms with Crippen LogP contribution in [-0.4, -0.2) is 31.7 Å². The van der Waals surface area contributed by atoms with Crippen molar-refractivity contribution in [3.8, 4) is 0 Å². The number of nitrogens with one attached hydrogen (secondary N) is 1. The number of aliphatic hydroxyl groups excluding tert-OH is 1. The lowest BCUT2D eigenvalue weighted by molar-refractivity contribution is 0.301. The van der Waals surface area contributed by atoms with Crippen LogP contribution in [0.2, 0.25) is 5.15 Å². The molecule has 5 nitrogen and oxygen atoms in total. The van der Waals surface area contributed by atoms with E-state index < -0.39 is 10.0 Å². The maximum Gasteiger partial charge on any atom is 0.215 e. The minimum Gasteiger partial charge on any atom is -0.395 e. The highest BCUT2D eigenvalue weighted by molar-refractivity contribution is 7.88. The molecule has 7 heteroatoms. The Kier molecular flexibility index (Phi) is 4.46. The van der Waals surface area contributed by atoms with Crippen LogP contribution < -0.4 is 4.72 Å². The molecule has 0 bridgehead atoms. The van der Waals surface area contributed by atoms with Crippen LogP contribution in [0, 0.1) is 0 Å². The summed E-state index contributed by atoms with van der Waals surface area (Å²) >= 11 is 5.56. The van der Waals surface area contributed by atoms with E-state index in [1.165, 1.54) is 12.3 Å². The highest BCUT2D eigenvalue weighted by Crippen LogP contribution is 2.07. The Morgan fingerprint density at radius 2 is 2.20 bits per heavy atom. The summed E-state index contributed by atoms with van der Waals surface area (Å²) in [5.74, 6) is -0.169. The Morgan fingerprint density at radius 1 is 1.47 bits per heavy atom. The number of pyridine rings is 1. The molecule has 0 saturated heterocycles. The second-order valence-electron chi connectivity index (χ2n) is 2.87. The summed E-state index contributed by atoms with van der Waals surface area (Å²) in [6, 6.07) is 3.12.